The van der Waals surface area contributed by atoms with Crippen LogP contribution >= 0.6 is 0 Å². The molecule has 0 heterocycles. The van der Waals surface area contributed by atoms with Gasteiger partial charge in [0.1, 0.15) is 5.75 Å². The summed E-state index contributed by atoms with van der Waals surface area (Å²) >= 11 is 0. The zero-order chi connectivity index (χ0) is 27.7. The largest absolute Gasteiger partial charge is 0.508 e. The van der Waals surface area contributed by atoms with E-state index >= 15 is 0 Å². The molecule has 2 aromatic rings. The fourth-order valence-corrected chi connectivity index (χ4v) is 5.37. The second kappa shape index (κ2) is 26.3. The molecule has 2 rings (SSSR count). The van der Waals surface area contributed by atoms with E-state index in [-0.39, 0.29) is 49.2 Å². The van der Waals surface area contributed by atoms with Crippen LogP contribution in [0.5, 0.6) is 5.75 Å². The van der Waals surface area contributed by atoms with Gasteiger partial charge in [0.15, 0.2) is 0 Å². The quantitative estimate of drug-likeness (QED) is 0.0898. The molecule has 218 valence electrons. The van der Waals surface area contributed by atoms with Crippen molar-refractivity contribution in [3.05, 3.63) is 60.2 Å². The first-order chi connectivity index (χ1) is 18.5. The second-order valence-electron chi connectivity index (χ2n) is 10.3. The van der Waals surface area contributed by atoms with E-state index in [2.05, 4.69) is 13.8 Å². The predicted octanol–water partition coefficient (Wildman–Crippen LogP) is 9.62. The Morgan fingerprint density at radius 2 is 1.03 bits per heavy atom. The third kappa shape index (κ3) is 20.9. The molecule has 0 bridgehead atoms. The van der Waals surface area contributed by atoms with Crippen LogP contribution in [0.1, 0.15) is 129 Å². The Morgan fingerprint density at radius 3 is 1.54 bits per heavy atom. The Labute approximate surface area is 270 Å². The summed E-state index contributed by atoms with van der Waals surface area (Å²) in [6.45, 7) is 4.77. The monoisotopic (exact) mass is 586 g/mol. The van der Waals surface area contributed by atoms with E-state index in [0.717, 1.165) is 24.8 Å². The first-order valence-corrected chi connectivity index (χ1v) is 16.6. The number of para-hydroxylation sites is 1. The minimum Gasteiger partial charge on any atom is -0.508 e. The molecule has 39 heavy (non-hydrogen) atoms. The van der Waals surface area contributed by atoms with Crippen molar-refractivity contribution < 1.29 is 17.7 Å². The number of phenolic OH excluding ortho intramolecular Hbond substituents is 1. The van der Waals surface area contributed by atoms with Crippen LogP contribution in [0.25, 0.3) is 0 Å². The Bertz CT molecular complexity index is 903. The molecule has 0 fully saturated rings. The summed E-state index contributed by atoms with van der Waals surface area (Å²) in [5.41, 5.74) is 1.09. The van der Waals surface area contributed by atoms with Crippen molar-refractivity contribution >= 4 is 47.9 Å². The molecule has 0 saturated heterocycles. The number of rotatable bonds is 21. The van der Waals surface area contributed by atoms with Gasteiger partial charge in [-0.15, -0.1) is 0 Å². The average molecular weight is 587 g/mol. The molecule has 0 saturated carbocycles. The summed E-state index contributed by atoms with van der Waals surface area (Å²) in [7, 11) is -3.57. The standard InChI is InChI=1S/C18H30O3S.C15H24O.Ca/c1-2-3-4-5-6-7-8-9-10-14-17-21-22(19,20)18-15-12-11-13-16-18;1-2-3-4-5-6-7-8-11-14-12-9-10-13-15(14)16;/h11-13,15-16H,2-10,14,17H2,1H3;9-10,12-13,16H,2-8,11H2,1H3;. The normalized spacial score (nSPS) is 10.9. The molecule has 0 atom stereocenters. The van der Waals surface area contributed by atoms with E-state index in [1.165, 1.54) is 96.3 Å². The molecule has 2 aromatic carbocycles. The summed E-state index contributed by atoms with van der Waals surface area (Å²) in [5.74, 6) is 0.452. The number of benzene rings is 2. The van der Waals surface area contributed by atoms with E-state index in [0.29, 0.717) is 5.75 Å². The Balaban J connectivity index is 0.000000756. The van der Waals surface area contributed by atoms with E-state index in [9.17, 15) is 13.5 Å². The van der Waals surface area contributed by atoms with Crippen molar-refractivity contribution in [2.75, 3.05) is 6.61 Å². The van der Waals surface area contributed by atoms with Gasteiger partial charge in [0.25, 0.3) is 10.1 Å². The molecule has 0 amide bonds. The maximum Gasteiger partial charge on any atom is 0.296 e. The molecule has 0 aromatic heterocycles. The molecule has 0 aliphatic heterocycles. The Morgan fingerprint density at radius 1 is 0.590 bits per heavy atom. The third-order valence-electron chi connectivity index (χ3n) is 6.81. The van der Waals surface area contributed by atoms with Crippen LogP contribution in [0.2, 0.25) is 0 Å². The Hall–Kier alpha value is -0.590. The summed E-state index contributed by atoms with van der Waals surface area (Å²) in [4.78, 5) is 0.238. The van der Waals surface area contributed by atoms with Crippen LogP contribution in [0.4, 0.5) is 0 Å². The van der Waals surface area contributed by atoms with Crippen LogP contribution in [0.3, 0.4) is 0 Å². The topological polar surface area (TPSA) is 63.6 Å². The van der Waals surface area contributed by atoms with Crippen LogP contribution in [-0.4, -0.2) is 57.9 Å². The third-order valence-corrected chi connectivity index (χ3v) is 8.14. The molecule has 6 heteroatoms. The van der Waals surface area contributed by atoms with Crippen molar-refractivity contribution in [1.82, 2.24) is 0 Å². The van der Waals surface area contributed by atoms with Crippen molar-refractivity contribution in [2.45, 2.75) is 134 Å². The molecule has 0 spiro atoms. The van der Waals surface area contributed by atoms with Crippen LogP contribution in [0.15, 0.2) is 59.5 Å². The van der Waals surface area contributed by atoms with Gasteiger partial charge in [0.05, 0.1) is 11.5 Å². The minimum absolute atomic E-state index is 0. The Kier molecular flexibility index (Phi) is 25.9. The van der Waals surface area contributed by atoms with Gasteiger partial charge in [-0.1, -0.05) is 147 Å². The van der Waals surface area contributed by atoms with Gasteiger partial charge in [-0.05, 0) is 43.0 Å². The van der Waals surface area contributed by atoms with Gasteiger partial charge in [0, 0.05) is 37.7 Å². The van der Waals surface area contributed by atoms with Crippen molar-refractivity contribution in [3.8, 4) is 5.75 Å². The molecule has 1 N–H and O–H groups in total. The van der Waals surface area contributed by atoms with E-state index in [4.69, 9.17) is 4.18 Å². The molecular weight excluding hydrogens is 533 g/mol. The van der Waals surface area contributed by atoms with Crippen LogP contribution in [-0.2, 0) is 20.7 Å². The maximum atomic E-state index is 11.9. The molecule has 0 aliphatic carbocycles. The minimum atomic E-state index is -3.57. The molecule has 0 unspecified atom stereocenters. The number of aryl methyl sites for hydroxylation is 1. The van der Waals surface area contributed by atoms with Crippen molar-refractivity contribution in [2.24, 2.45) is 0 Å². The predicted molar refractivity (Wildman–Crippen MR) is 167 cm³/mol. The van der Waals surface area contributed by atoms with Gasteiger partial charge >= 0.3 is 0 Å². The number of aromatic hydroxyl groups is 1. The fraction of sp³-hybridized carbons (Fsp3) is 0.636. The van der Waals surface area contributed by atoms with E-state index in [1.54, 1.807) is 36.4 Å². The van der Waals surface area contributed by atoms with Crippen molar-refractivity contribution in [3.63, 3.8) is 0 Å². The maximum absolute atomic E-state index is 11.9. The van der Waals surface area contributed by atoms with Gasteiger partial charge < -0.3 is 5.11 Å². The molecule has 4 nitrogen and oxygen atoms in total. The zero-order valence-electron chi connectivity index (χ0n) is 24.9. The summed E-state index contributed by atoms with van der Waals surface area (Å²) in [6, 6.07) is 16.0. The zero-order valence-corrected chi connectivity index (χ0v) is 27.9. The summed E-state index contributed by atoms with van der Waals surface area (Å²) in [5, 5.41) is 9.58. The van der Waals surface area contributed by atoms with Gasteiger partial charge in [-0.25, -0.2) is 0 Å². The first kappa shape index (κ1) is 38.4. The van der Waals surface area contributed by atoms with E-state index in [1.807, 2.05) is 18.2 Å². The summed E-state index contributed by atoms with van der Waals surface area (Å²) < 4.78 is 28.8. The van der Waals surface area contributed by atoms with Gasteiger partial charge in [-0.2, -0.15) is 8.42 Å². The average Bonchev–Trinajstić information content (AvgIpc) is 2.93. The molecule has 2 radical (unpaired) electrons. The first-order valence-electron chi connectivity index (χ1n) is 15.2. The second-order valence-corrected chi connectivity index (χ2v) is 11.9. The molecular formula is C33H54CaO4S. The van der Waals surface area contributed by atoms with Crippen LogP contribution in [0, 0.1) is 0 Å². The molecule has 0 aliphatic rings. The number of hydrogen-bond donors (Lipinski definition) is 1. The number of hydrogen-bond acceptors (Lipinski definition) is 4. The fourth-order valence-electron chi connectivity index (χ4n) is 4.41. The summed E-state index contributed by atoms with van der Waals surface area (Å²) in [6.07, 6.45) is 22.6. The van der Waals surface area contributed by atoms with Crippen molar-refractivity contribution in [1.29, 1.82) is 0 Å². The number of unbranched alkanes of at least 4 members (excludes halogenated alkanes) is 15. The number of phenols is 1. The SMILES string of the molecule is CCCCCCCCCCCCOS(=O)(=O)c1ccccc1.CCCCCCCCCc1ccccc1O.[Ca]. The van der Waals surface area contributed by atoms with Gasteiger partial charge in [0.2, 0.25) is 0 Å². The smallest absolute Gasteiger partial charge is 0.296 e. The van der Waals surface area contributed by atoms with Crippen LogP contribution < -0.4 is 0 Å². The van der Waals surface area contributed by atoms with E-state index < -0.39 is 10.1 Å². The van der Waals surface area contributed by atoms with Gasteiger partial charge in [-0.3, -0.25) is 4.18 Å².